The molecule has 0 N–H and O–H groups in total. The summed E-state index contributed by atoms with van der Waals surface area (Å²) in [4.78, 5) is 13.8. The van der Waals surface area contributed by atoms with Crippen LogP contribution in [0.3, 0.4) is 0 Å². The maximum Gasteiger partial charge on any atom is 0.340 e. The van der Waals surface area contributed by atoms with E-state index in [2.05, 4.69) is 21.2 Å². The van der Waals surface area contributed by atoms with Gasteiger partial charge in [0.1, 0.15) is 5.54 Å². The van der Waals surface area contributed by atoms with Crippen LogP contribution in [0.5, 0.6) is 0 Å². The molecule has 0 fully saturated rings. The van der Waals surface area contributed by atoms with E-state index in [9.17, 15) is 4.79 Å². The van der Waals surface area contributed by atoms with Crippen molar-refractivity contribution in [2.24, 2.45) is 10.2 Å². The monoisotopic (exact) mass is 299 g/mol. The molecule has 0 aromatic heterocycles. The van der Waals surface area contributed by atoms with E-state index < -0.39 is 11.5 Å². The Kier molecular flexibility index (Phi) is 4.75. The van der Waals surface area contributed by atoms with E-state index in [0.29, 0.717) is 11.3 Å². The Balaban J connectivity index is 2.20. The molecule has 0 saturated carbocycles. The van der Waals surface area contributed by atoms with Crippen LogP contribution < -0.4 is 0 Å². The number of ether oxygens (including phenoxy) is 1. The SMILES string of the molecule is COC(=O)c1ccccc1N=NC1(C)C=CC(N(C)C)=CC1. The number of esters is 1. The van der Waals surface area contributed by atoms with Crippen molar-refractivity contribution in [3.63, 3.8) is 0 Å². The fourth-order valence-electron chi connectivity index (χ4n) is 2.13. The molecule has 0 amide bonds. The summed E-state index contributed by atoms with van der Waals surface area (Å²) in [5, 5.41) is 8.69. The molecule has 1 atom stereocenters. The van der Waals surface area contributed by atoms with E-state index >= 15 is 0 Å². The molecule has 1 aliphatic rings. The van der Waals surface area contributed by atoms with Crippen molar-refractivity contribution in [1.82, 2.24) is 4.90 Å². The van der Waals surface area contributed by atoms with Gasteiger partial charge in [-0.3, -0.25) is 0 Å². The first-order chi connectivity index (χ1) is 10.4. The van der Waals surface area contributed by atoms with Gasteiger partial charge < -0.3 is 9.64 Å². The van der Waals surface area contributed by atoms with Crippen molar-refractivity contribution < 1.29 is 9.53 Å². The molecular formula is C17H21N3O2. The summed E-state index contributed by atoms with van der Waals surface area (Å²) in [5.74, 6) is -0.409. The highest BCUT2D eigenvalue weighted by atomic mass is 16.5. The molecule has 22 heavy (non-hydrogen) atoms. The molecule has 5 heteroatoms. The number of rotatable bonds is 4. The number of benzene rings is 1. The van der Waals surface area contributed by atoms with Crippen molar-refractivity contribution in [2.45, 2.75) is 18.9 Å². The van der Waals surface area contributed by atoms with Gasteiger partial charge in [-0.15, -0.1) is 0 Å². The lowest BCUT2D eigenvalue weighted by molar-refractivity contribution is 0.0601. The number of nitrogens with zero attached hydrogens (tertiary/aromatic N) is 3. The third kappa shape index (κ3) is 3.61. The zero-order valence-electron chi connectivity index (χ0n) is 13.4. The Bertz CT molecular complexity index is 647. The van der Waals surface area contributed by atoms with Gasteiger partial charge >= 0.3 is 5.97 Å². The molecule has 5 nitrogen and oxygen atoms in total. The van der Waals surface area contributed by atoms with Crippen molar-refractivity contribution >= 4 is 11.7 Å². The highest BCUT2D eigenvalue weighted by Crippen LogP contribution is 2.28. The molecule has 0 bridgehead atoms. The average molecular weight is 299 g/mol. The normalized spacial score (nSPS) is 20.8. The van der Waals surface area contributed by atoms with Crippen LogP contribution in [0.25, 0.3) is 0 Å². The maximum absolute atomic E-state index is 11.7. The number of hydrogen-bond donors (Lipinski definition) is 0. The lowest BCUT2D eigenvalue weighted by atomic mass is 9.93. The first-order valence-corrected chi connectivity index (χ1v) is 7.12. The fourth-order valence-corrected chi connectivity index (χ4v) is 2.13. The second kappa shape index (κ2) is 6.56. The number of carbonyl (C=O) groups excluding carboxylic acids is 1. The number of allylic oxidation sites excluding steroid dienone is 1. The molecule has 1 aromatic carbocycles. The molecule has 0 radical (unpaired) electrons. The van der Waals surface area contributed by atoms with Crippen molar-refractivity contribution in [3.05, 3.63) is 53.8 Å². The largest absolute Gasteiger partial charge is 0.465 e. The van der Waals surface area contributed by atoms with E-state index in [1.54, 1.807) is 18.2 Å². The van der Waals surface area contributed by atoms with Crippen molar-refractivity contribution in [2.75, 3.05) is 21.2 Å². The van der Waals surface area contributed by atoms with Gasteiger partial charge in [-0.1, -0.05) is 24.3 Å². The summed E-state index contributed by atoms with van der Waals surface area (Å²) in [5.41, 5.74) is 1.69. The van der Waals surface area contributed by atoms with Crippen molar-refractivity contribution in [3.8, 4) is 0 Å². The molecule has 0 spiro atoms. The van der Waals surface area contributed by atoms with Crippen LogP contribution >= 0.6 is 0 Å². The van der Waals surface area contributed by atoms with Crippen LogP contribution in [0.2, 0.25) is 0 Å². The van der Waals surface area contributed by atoms with Crippen LogP contribution in [0, 0.1) is 0 Å². The summed E-state index contributed by atoms with van der Waals surface area (Å²) >= 11 is 0. The standard InChI is InChI=1S/C17H21N3O2/c1-17(11-9-13(10-12-17)20(2)3)19-18-15-8-6-5-7-14(15)16(21)22-4/h5-11H,12H2,1-4H3. The van der Waals surface area contributed by atoms with Crippen LogP contribution in [0.15, 0.2) is 58.4 Å². The number of hydrogen-bond acceptors (Lipinski definition) is 5. The second-order valence-electron chi connectivity index (χ2n) is 5.63. The Morgan fingerprint density at radius 3 is 2.64 bits per heavy atom. The zero-order chi connectivity index (χ0) is 16.2. The Morgan fingerprint density at radius 2 is 2.05 bits per heavy atom. The molecule has 0 saturated heterocycles. The lowest BCUT2D eigenvalue weighted by Gasteiger charge is -2.25. The summed E-state index contributed by atoms with van der Waals surface area (Å²) in [7, 11) is 5.37. The van der Waals surface area contributed by atoms with E-state index in [-0.39, 0.29) is 0 Å². The summed E-state index contributed by atoms with van der Waals surface area (Å²) in [6, 6.07) is 7.04. The number of azo groups is 1. The molecule has 0 heterocycles. The summed E-state index contributed by atoms with van der Waals surface area (Å²) < 4.78 is 4.76. The van der Waals surface area contributed by atoms with Gasteiger partial charge in [-0.05, 0) is 31.6 Å². The van der Waals surface area contributed by atoms with Crippen LogP contribution in [-0.4, -0.2) is 37.6 Å². The number of carbonyl (C=O) groups is 1. The maximum atomic E-state index is 11.7. The summed E-state index contributed by atoms with van der Waals surface area (Å²) in [6.45, 7) is 2.01. The number of methoxy groups -OCH3 is 1. The summed E-state index contributed by atoms with van der Waals surface area (Å²) in [6.07, 6.45) is 6.97. The van der Waals surface area contributed by atoms with Gasteiger partial charge in [0.2, 0.25) is 0 Å². The highest BCUT2D eigenvalue weighted by molar-refractivity contribution is 5.94. The van der Waals surface area contributed by atoms with Crippen LogP contribution in [-0.2, 0) is 4.74 Å². The molecule has 1 aromatic rings. The van der Waals surface area contributed by atoms with E-state index in [4.69, 9.17) is 4.74 Å². The lowest BCUT2D eigenvalue weighted by Crippen LogP contribution is -2.22. The topological polar surface area (TPSA) is 54.3 Å². The van der Waals surface area contributed by atoms with E-state index in [1.165, 1.54) is 7.11 Å². The molecule has 2 rings (SSSR count). The van der Waals surface area contributed by atoms with Gasteiger partial charge in [0.05, 0.1) is 18.4 Å². The van der Waals surface area contributed by atoms with Crippen molar-refractivity contribution in [1.29, 1.82) is 0 Å². The highest BCUT2D eigenvalue weighted by Gasteiger charge is 2.23. The van der Waals surface area contributed by atoms with Gasteiger partial charge in [0.15, 0.2) is 0 Å². The smallest absolute Gasteiger partial charge is 0.340 e. The molecule has 1 aliphatic carbocycles. The molecule has 0 aliphatic heterocycles. The van der Waals surface area contributed by atoms with Gasteiger partial charge in [-0.2, -0.15) is 10.2 Å². The van der Waals surface area contributed by atoms with Gasteiger partial charge in [-0.25, -0.2) is 4.79 Å². The second-order valence-corrected chi connectivity index (χ2v) is 5.63. The van der Waals surface area contributed by atoms with Gasteiger partial charge in [0.25, 0.3) is 0 Å². The molecule has 116 valence electrons. The average Bonchev–Trinajstić information content (AvgIpc) is 2.53. The predicted octanol–water partition coefficient (Wildman–Crippen LogP) is 3.72. The fraction of sp³-hybridized carbons (Fsp3) is 0.353. The minimum Gasteiger partial charge on any atom is -0.465 e. The number of likely N-dealkylation sites (N-methyl/N-ethyl adjacent to an activating group) is 1. The Hall–Kier alpha value is -2.43. The zero-order valence-corrected chi connectivity index (χ0v) is 13.4. The van der Waals surface area contributed by atoms with E-state index in [0.717, 1.165) is 12.1 Å². The first kappa shape index (κ1) is 15.9. The minimum absolute atomic E-state index is 0.400. The van der Waals surface area contributed by atoms with Gasteiger partial charge in [0, 0.05) is 19.8 Å². The first-order valence-electron chi connectivity index (χ1n) is 7.12. The van der Waals surface area contributed by atoms with Crippen LogP contribution in [0.4, 0.5) is 5.69 Å². The Labute approximate surface area is 131 Å². The molecular weight excluding hydrogens is 278 g/mol. The molecule has 1 unspecified atom stereocenters. The third-order valence-corrected chi connectivity index (χ3v) is 3.55. The van der Waals surface area contributed by atoms with E-state index in [1.807, 2.05) is 39.2 Å². The predicted molar refractivity (Wildman–Crippen MR) is 86.2 cm³/mol. The van der Waals surface area contributed by atoms with Crippen LogP contribution in [0.1, 0.15) is 23.7 Å². The third-order valence-electron chi connectivity index (χ3n) is 3.55. The quantitative estimate of drug-likeness (QED) is 0.629. The Morgan fingerprint density at radius 1 is 1.32 bits per heavy atom. The minimum atomic E-state index is -0.409.